The van der Waals surface area contributed by atoms with Crippen LogP contribution in [0.1, 0.15) is 48.2 Å². The fourth-order valence-corrected chi connectivity index (χ4v) is 3.60. The molecule has 7 nitrogen and oxygen atoms in total. The first-order valence-electron chi connectivity index (χ1n) is 10.3. The first-order chi connectivity index (χ1) is 14.6. The molecule has 0 bridgehead atoms. The van der Waals surface area contributed by atoms with Crippen LogP contribution in [0.2, 0.25) is 0 Å². The van der Waals surface area contributed by atoms with Crippen LogP contribution in [0.3, 0.4) is 0 Å². The van der Waals surface area contributed by atoms with Crippen LogP contribution in [0.4, 0.5) is 0 Å². The van der Waals surface area contributed by atoms with Gasteiger partial charge in [-0.1, -0.05) is 0 Å². The summed E-state index contributed by atoms with van der Waals surface area (Å²) in [5.74, 6) is 1.42. The number of ketones is 1. The highest BCUT2D eigenvalue weighted by Crippen LogP contribution is 2.19. The Bertz CT molecular complexity index is 837. The number of benzene rings is 1. The van der Waals surface area contributed by atoms with E-state index in [0.717, 1.165) is 5.76 Å². The molecule has 0 atom stereocenters. The zero-order valence-corrected chi connectivity index (χ0v) is 17.3. The molecular formula is C23H28N2O5. The molecule has 2 aromatic rings. The number of carbonyl (C=O) groups excluding carboxylic acids is 3. The van der Waals surface area contributed by atoms with Crippen LogP contribution in [0.15, 0.2) is 47.1 Å². The Morgan fingerprint density at radius 1 is 1.10 bits per heavy atom. The monoisotopic (exact) mass is 412 g/mol. The van der Waals surface area contributed by atoms with Crippen molar-refractivity contribution < 1.29 is 23.5 Å². The number of nitrogens with one attached hydrogen (secondary N) is 1. The van der Waals surface area contributed by atoms with Gasteiger partial charge >= 0.3 is 0 Å². The molecule has 0 radical (unpaired) electrons. The molecule has 160 valence electrons. The molecule has 1 aliphatic heterocycles. The highest BCUT2D eigenvalue weighted by atomic mass is 16.5. The number of hydrogen-bond donors (Lipinski definition) is 1. The predicted molar refractivity (Wildman–Crippen MR) is 111 cm³/mol. The fraction of sp³-hybridized carbons (Fsp3) is 0.435. The maximum absolute atomic E-state index is 12.4. The third kappa shape index (κ3) is 5.95. The van der Waals surface area contributed by atoms with Gasteiger partial charge in [-0.05, 0) is 55.7 Å². The largest absolute Gasteiger partial charge is 0.497 e. The second kappa shape index (κ2) is 10.6. The van der Waals surface area contributed by atoms with Gasteiger partial charge in [-0.25, -0.2) is 0 Å². The van der Waals surface area contributed by atoms with E-state index in [2.05, 4.69) is 5.32 Å². The van der Waals surface area contributed by atoms with E-state index in [1.54, 1.807) is 48.6 Å². The number of furan rings is 1. The van der Waals surface area contributed by atoms with E-state index in [4.69, 9.17) is 9.15 Å². The summed E-state index contributed by atoms with van der Waals surface area (Å²) in [6.45, 7) is 1.53. The number of nitrogens with zero attached hydrogens (tertiary/aromatic N) is 1. The smallest absolute Gasteiger partial charge is 0.223 e. The molecule has 1 aromatic carbocycles. The fourth-order valence-electron chi connectivity index (χ4n) is 3.60. The summed E-state index contributed by atoms with van der Waals surface area (Å²) in [4.78, 5) is 38.8. The minimum Gasteiger partial charge on any atom is -0.497 e. The number of ether oxygens (including phenoxy) is 1. The van der Waals surface area contributed by atoms with Crippen molar-refractivity contribution in [3.63, 3.8) is 0 Å². The standard InChI is InChI=1S/C23H28N2O5/c1-29-19-9-7-17(8-10-19)21(26)5-2-6-22(27)25-13-11-18(12-14-25)23(28)24-16-20-4-3-15-30-20/h3-4,7-10,15,18H,2,5-6,11-14,16H2,1H3,(H,24,28). The second-order valence-electron chi connectivity index (χ2n) is 7.46. The summed E-state index contributed by atoms with van der Waals surface area (Å²) in [5.41, 5.74) is 0.629. The Balaban J connectivity index is 1.34. The molecule has 2 amide bonds. The summed E-state index contributed by atoms with van der Waals surface area (Å²) < 4.78 is 10.3. The first kappa shape index (κ1) is 21.6. The van der Waals surface area contributed by atoms with Crippen molar-refractivity contribution in [2.45, 2.75) is 38.6 Å². The van der Waals surface area contributed by atoms with E-state index < -0.39 is 0 Å². The van der Waals surface area contributed by atoms with Gasteiger partial charge in [0.2, 0.25) is 11.8 Å². The van der Waals surface area contributed by atoms with Gasteiger partial charge in [0.25, 0.3) is 0 Å². The van der Waals surface area contributed by atoms with E-state index in [0.29, 0.717) is 63.1 Å². The number of likely N-dealkylation sites (tertiary alicyclic amines) is 1. The molecule has 7 heteroatoms. The Labute approximate surface area is 176 Å². The Hall–Kier alpha value is -3.09. The van der Waals surface area contributed by atoms with Crippen molar-refractivity contribution in [3.05, 3.63) is 54.0 Å². The molecule has 1 saturated heterocycles. The van der Waals surface area contributed by atoms with Gasteiger partial charge in [0.15, 0.2) is 5.78 Å². The molecule has 1 N–H and O–H groups in total. The number of piperidine rings is 1. The molecule has 1 fully saturated rings. The molecule has 3 rings (SSSR count). The summed E-state index contributed by atoms with van der Waals surface area (Å²) in [6, 6.07) is 10.6. The molecule has 0 spiro atoms. The third-order valence-electron chi connectivity index (χ3n) is 5.44. The van der Waals surface area contributed by atoms with Gasteiger partial charge in [-0.15, -0.1) is 0 Å². The van der Waals surface area contributed by atoms with Crippen LogP contribution in [-0.4, -0.2) is 42.7 Å². The summed E-state index contributed by atoms with van der Waals surface area (Å²) >= 11 is 0. The van der Waals surface area contributed by atoms with Crippen LogP contribution in [0, 0.1) is 5.92 Å². The van der Waals surface area contributed by atoms with Crippen molar-refractivity contribution in [1.82, 2.24) is 10.2 Å². The highest BCUT2D eigenvalue weighted by Gasteiger charge is 2.27. The molecule has 0 saturated carbocycles. The quantitative estimate of drug-likeness (QED) is 0.639. The van der Waals surface area contributed by atoms with E-state index in [9.17, 15) is 14.4 Å². The van der Waals surface area contributed by atoms with E-state index >= 15 is 0 Å². The minimum absolute atomic E-state index is 0.00332. The van der Waals surface area contributed by atoms with Crippen LogP contribution in [0.5, 0.6) is 5.75 Å². The number of Topliss-reactive ketones (excluding diaryl/α,β-unsaturated/α-hetero) is 1. The minimum atomic E-state index is -0.0827. The van der Waals surface area contributed by atoms with Crippen molar-refractivity contribution >= 4 is 17.6 Å². The normalized spacial score (nSPS) is 14.4. The molecule has 30 heavy (non-hydrogen) atoms. The van der Waals surface area contributed by atoms with Crippen molar-refractivity contribution in [3.8, 4) is 5.75 Å². The number of carbonyl (C=O) groups is 3. The number of amides is 2. The lowest BCUT2D eigenvalue weighted by molar-refractivity contribution is -0.135. The van der Waals surface area contributed by atoms with Crippen molar-refractivity contribution in [1.29, 1.82) is 0 Å². The molecule has 0 unspecified atom stereocenters. The topological polar surface area (TPSA) is 88.9 Å². The summed E-state index contributed by atoms with van der Waals surface area (Å²) in [6.07, 6.45) is 4.09. The van der Waals surface area contributed by atoms with E-state index in [1.807, 2.05) is 6.07 Å². The van der Waals surface area contributed by atoms with Crippen molar-refractivity contribution in [2.75, 3.05) is 20.2 Å². The lowest BCUT2D eigenvalue weighted by atomic mass is 9.95. The Morgan fingerprint density at radius 2 is 1.83 bits per heavy atom. The summed E-state index contributed by atoms with van der Waals surface area (Å²) in [7, 11) is 1.58. The molecule has 0 aliphatic carbocycles. The third-order valence-corrected chi connectivity index (χ3v) is 5.44. The first-order valence-corrected chi connectivity index (χ1v) is 10.3. The average Bonchev–Trinajstić information content (AvgIpc) is 3.31. The Kier molecular flexibility index (Phi) is 7.65. The SMILES string of the molecule is COc1ccc(C(=O)CCCC(=O)N2CCC(C(=O)NCc3ccco3)CC2)cc1. The average molecular weight is 412 g/mol. The van der Waals surface area contributed by atoms with Gasteiger partial charge in [0.05, 0.1) is 19.9 Å². The highest BCUT2D eigenvalue weighted by molar-refractivity contribution is 5.96. The Morgan fingerprint density at radius 3 is 2.47 bits per heavy atom. The second-order valence-corrected chi connectivity index (χ2v) is 7.46. The van der Waals surface area contributed by atoms with Crippen LogP contribution in [-0.2, 0) is 16.1 Å². The molecule has 1 aliphatic rings. The summed E-state index contributed by atoms with van der Waals surface area (Å²) in [5, 5.41) is 2.89. The van der Waals surface area contributed by atoms with Gasteiger partial charge in [0.1, 0.15) is 11.5 Å². The van der Waals surface area contributed by atoms with Gasteiger partial charge in [-0.2, -0.15) is 0 Å². The van der Waals surface area contributed by atoms with Crippen molar-refractivity contribution in [2.24, 2.45) is 5.92 Å². The van der Waals surface area contributed by atoms with E-state index in [1.165, 1.54) is 0 Å². The zero-order valence-electron chi connectivity index (χ0n) is 17.3. The predicted octanol–water partition coefficient (Wildman–Crippen LogP) is 3.20. The lowest BCUT2D eigenvalue weighted by Gasteiger charge is -2.31. The van der Waals surface area contributed by atoms with Crippen LogP contribution >= 0.6 is 0 Å². The molecule has 1 aromatic heterocycles. The maximum atomic E-state index is 12.4. The number of methoxy groups -OCH3 is 1. The molecular weight excluding hydrogens is 384 g/mol. The van der Waals surface area contributed by atoms with E-state index in [-0.39, 0.29) is 23.5 Å². The van der Waals surface area contributed by atoms with Gasteiger partial charge in [0, 0.05) is 37.4 Å². The maximum Gasteiger partial charge on any atom is 0.223 e. The van der Waals surface area contributed by atoms with Gasteiger partial charge in [-0.3, -0.25) is 14.4 Å². The molecule has 2 heterocycles. The van der Waals surface area contributed by atoms with Crippen LogP contribution in [0.25, 0.3) is 0 Å². The number of hydrogen-bond acceptors (Lipinski definition) is 5. The zero-order chi connectivity index (χ0) is 21.3. The van der Waals surface area contributed by atoms with Gasteiger partial charge < -0.3 is 19.4 Å². The van der Waals surface area contributed by atoms with Crippen LogP contribution < -0.4 is 10.1 Å². The number of rotatable bonds is 9. The lowest BCUT2D eigenvalue weighted by Crippen LogP contribution is -2.42.